The van der Waals surface area contributed by atoms with E-state index in [0.717, 1.165) is 78.5 Å². The van der Waals surface area contributed by atoms with Crippen molar-refractivity contribution >= 4 is 42.0 Å². The standard InChI is InChI=1S/C36H27N3.C21H14ClN3.C15H15BO2.H4P2.Y/c1-36(2)31-13-7-6-12-29(31)30-19-18-27(21-32(30)36)34-22-33(38-35(39-34)26-9-4-3-5-10-26)25-16-14-24(15-17-25)28-11-8-20-37-23-28;22-20-13-19(24-21(25-20)17-5-2-1-3-6-17)16-10-8-15(9-11-16)18-7-4-12-23-14-18;1-15(2)13-6-4-3-5-11(13)12-8-7-10(16(17)18)9-14(12)15;1-2;/h3-23H,1-2H3;1-14H;3-9,17-18H,1-2H3;1-2H2;. The van der Waals surface area contributed by atoms with Crippen LogP contribution in [0.25, 0.3) is 101 Å². The van der Waals surface area contributed by atoms with Crippen LogP contribution in [0.3, 0.4) is 0 Å². The number of nitrogens with zero attached hydrogens (tertiary/aromatic N) is 6. The predicted octanol–water partition coefficient (Wildman–Crippen LogP) is 16.7. The smallest absolute Gasteiger partial charge is 0.423 e. The third kappa shape index (κ3) is 13.0. The zero-order chi connectivity index (χ0) is 58.4. The van der Waals surface area contributed by atoms with Crippen molar-refractivity contribution in [1.82, 2.24) is 29.9 Å². The zero-order valence-electron chi connectivity index (χ0n) is 47.5. The minimum atomic E-state index is -1.41. The van der Waals surface area contributed by atoms with Crippen LogP contribution in [-0.4, -0.2) is 47.1 Å². The van der Waals surface area contributed by atoms with Gasteiger partial charge in [-0.05, 0) is 96.5 Å². The molecule has 0 saturated carbocycles. The van der Waals surface area contributed by atoms with Crippen LogP contribution < -0.4 is 5.46 Å². The van der Waals surface area contributed by atoms with Crippen molar-refractivity contribution in [2.24, 2.45) is 0 Å². The van der Waals surface area contributed by atoms with Crippen LogP contribution >= 0.6 is 29.5 Å². The third-order valence-electron chi connectivity index (χ3n) is 15.6. The summed E-state index contributed by atoms with van der Waals surface area (Å²) in [6, 6.07) is 78.2. The number of benzene rings is 8. The molecule has 0 amide bonds. The maximum Gasteiger partial charge on any atom is 0.488 e. The molecule has 2 aliphatic carbocycles. The van der Waals surface area contributed by atoms with Gasteiger partial charge in [0.25, 0.3) is 0 Å². The Morgan fingerprint density at radius 3 is 1.20 bits per heavy atom. The largest absolute Gasteiger partial charge is 0.488 e. The Labute approximate surface area is 532 Å². The average molecular weight is 1240 g/mol. The molecule has 1 radical (unpaired) electrons. The Kier molecular flexibility index (Phi) is 19.1. The fourth-order valence-electron chi connectivity index (χ4n) is 11.2. The van der Waals surface area contributed by atoms with Gasteiger partial charge in [-0.1, -0.05) is 239 Å². The second-order valence-corrected chi connectivity index (χ2v) is 21.9. The van der Waals surface area contributed by atoms with Gasteiger partial charge >= 0.3 is 7.12 Å². The molecule has 0 aliphatic heterocycles. The van der Waals surface area contributed by atoms with Gasteiger partial charge in [0, 0.05) is 102 Å². The van der Waals surface area contributed by atoms with Crippen LogP contribution in [-0.2, 0) is 43.5 Å². The van der Waals surface area contributed by atoms with Crippen LogP contribution in [0.5, 0.6) is 0 Å². The first kappa shape index (κ1) is 60.6. The van der Waals surface area contributed by atoms with E-state index in [4.69, 9.17) is 21.6 Å². The van der Waals surface area contributed by atoms with Gasteiger partial charge in [0.15, 0.2) is 11.6 Å². The molecule has 14 rings (SSSR count). The minimum Gasteiger partial charge on any atom is -0.423 e. The Balaban J connectivity index is 0.000000150. The van der Waals surface area contributed by atoms with Crippen LogP contribution in [0.1, 0.15) is 49.9 Å². The van der Waals surface area contributed by atoms with Gasteiger partial charge in [-0.15, -0.1) is 17.9 Å². The van der Waals surface area contributed by atoms with E-state index in [0.29, 0.717) is 16.4 Å². The number of pyridine rings is 2. The molecule has 413 valence electrons. The van der Waals surface area contributed by atoms with Crippen molar-refractivity contribution < 1.29 is 42.8 Å². The Morgan fingerprint density at radius 2 is 0.729 bits per heavy atom. The molecule has 13 heteroatoms. The molecular formula is C72H60BClN6O2P2Y. The van der Waals surface area contributed by atoms with Crippen molar-refractivity contribution in [3.8, 4) is 101 Å². The quantitative estimate of drug-likeness (QED) is 0.0878. The monoisotopic (exact) mass is 1240 g/mol. The zero-order valence-corrected chi connectivity index (χ0v) is 53.4. The van der Waals surface area contributed by atoms with E-state index < -0.39 is 7.12 Å². The summed E-state index contributed by atoms with van der Waals surface area (Å²) < 4.78 is 0. The van der Waals surface area contributed by atoms with Crippen LogP contribution in [0.4, 0.5) is 0 Å². The molecule has 2 N–H and O–H groups in total. The molecular weight excluding hydrogens is 1180 g/mol. The number of hydrogen-bond acceptors (Lipinski definition) is 8. The third-order valence-corrected chi connectivity index (χ3v) is 15.8. The van der Waals surface area contributed by atoms with Crippen LogP contribution in [0.2, 0.25) is 5.15 Å². The van der Waals surface area contributed by atoms with Crippen molar-refractivity contribution in [2.45, 2.75) is 38.5 Å². The summed E-state index contributed by atoms with van der Waals surface area (Å²) in [5.41, 5.74) is 22.8. The molecule has 4 heterocycles. The summed E-state index contributed by atoms with van der Waals surface area (Å²) in [5, 5.41) is 19.0. The van der Waals surface area contributed by atoms with E-state index in [1.54, 1.807) is 24.5 Å². The van der Waals surface area contributed by atoms with Crippen LogP contribution in [0, 0.1) is 0 Å². The molecule has 0 saturated heterocycles. The second-order valence-electron chi connectivity index (χ2n) is 21.5. The summed E-state index contributed by atoms with van der Waals surface area (Å²) in [5.74, 6) is 1.35. The number of hydrogen-bond donors (Lipinski definition) is 2. The number of fused-ring (bicyclic) bond motifs is 6. The topological polar surface area (TPSA) is 118 Å². The van der Waals surface area contributed by atoms with E-state index in [-0.39, 0.29) is 43.5 Å². The van der Waals surface area contributed by atoms with Crippen molar-refractivity contribution in [2.75, 3.05) is 0 Å². The Morgan fingerprint density at radius 1 is 0.353 bits per heavy atom. The number of aromatic nitrogens is 6. The number of halogens is 1. The van der Waals surface area contributed by atoms with Gasteiger partial charge in [-0.2, -0.15) is 0 Å². The summed E-state index contributed by atoms with van der Waals surface area (Å²) in [6.07, 6.45) is 7.30. The first-order valence-electron chi connectivity index (χ1n) is 27.6. The molecule has 4 aromatic heterocycles. The Bertz CT molecular complexity index is 4260. The normalized spacial score (nSPS) is 12.4. The van der Waals surface area contributed by atoms with E-state index >= 15 is 0 Å². The first-order chi connectivity index (χ1) is 40.9. The predicted molar refractivity (Wildman–Crippen MR) is 354 cm³/mol. The SMILES string of the molecule is CC1(C)c2ccccc2-c2ccc(-c3cc(-c4ccc(-c5cccnc5)cc4)nc(-c4ccccc4)n3)cc21.CC1(C)c2ccccc2-c2ccc(B(O)O)cc21.Clc1cc(-c2ccc(-c3cccnc3)cc2)nc(-c2ccccc2)n1.PP.[Y]. The minimum absolute atomic E-state index is 0. The van der Waals surface area contributed by atoms with E-state index in [2.05, 4.69) is 181 Å². The summed E-state index contributed by atoms with van der Waals surface area (Å²) in [7, 11) is 3.26. The summed E-state index contributed by atoms with van der Waals surface area (Å²) >= 11 is 6.22. The summed E-state index contributed by atoms with van der Waals surface area (Å²) in [6.45, 7) is 8.97. The first-order valence-corrected chi connectivity index (χ1v) is 30.7. The van der Waals surface area contributed by atoms with E-state index in [1.165, 1.54) is 38.9 Å². The van der Waals surface area contributed by atoms with Gasteiger partial charge in [0.05, 0.1) is 17.1 Å². The summed E-state index contributed by atoms with van der Waals surface area (Å²) in [4.78, 5) is 27.5. The maximum absolute atomic E-state index is 9.30. The fourth-order valence-corrected chi connectivity index (χ4v) is 11.4. The molecule has 8 aromatic carbocycles. The average Bonchev–Trinajstić information content (AvgIpc) is 1.78. The molecule has 12 aromatic rings. The van der Waals surface area contributed by atoms with E-state index in [1.807, 2.05) is 116 Å². The molecule has 8 nitrogen and oxygen atoms in total. The molecule has 0 bridgehead atoms. The van der Waals surface area contributed by atoms with E-state index in [9.17, 15) is 10.0 Å². The molecule has 0 spiro atoms. The van der Waals surface area contributed by atoms with Gasteiger partial charge in [-0.3, -0.25) is 9.97 Å². The van der Waals surface area contributed by atoms with Gasteiger partial charge < -0.3 is 10.0 Å². The van der Waals surface area contributed by atoms with Gasteiger partial charge in [0.1, 0.15) is 5.15 Å². The second kappa shape index (κ2) is 26.8. The van der Waals surface area contributed by atoms with Gasteiger partial charge in [-0.25, -0.2) is 19.9 Å². The number of rotatable bonds is 8. The fraction of sp³-hybridized carbons (Fsp3) is 0.0833. The molecule has 2 aliphatic rings. The molecule has 2 unspecified atom stereocenters. The van der Waals surface area contributed by atoms with Crippen LogP contribution in [0.15, 0.2) is 255 Å². The van der Waals surface area contributed by atoms with Crippen molar-refractivity contribution in [1.29, 1.82) is 0 Å². The molecule has 85 heavy (non-hydrogen) atoms. The van der Waals surface area contributed by atoms with Crippen molar-refractivity contribution in [3.63, 3.8) is 0 Å². The Hall–Kier alpha value is -7.54. The van der Waals surface area contributed by atoms with Crippen molar-refractivity contribution in [3.05, 3.63) is 283 Å². The maximum atomic E-state index is 9.30. The van der Waals surface area contributed by atoms with Gasteiger partial charge in [0.2, 0.25) is 0 Å². The molecule has 2 atom stereocenters. The molecule has 0 fully saturated rings.